The molecule has 29 heavy (non-hydrogen) atoms. The number of hydrogen-bond donors (Lipinski definition) is 1. The zero-order chi connectivity index (χ0) is 20.3. The highest BCUT2D eigenvalue weighted by Crippen LogP contribution is 2.31. The van der Waals surface area contributed by atoms with Crippen molar-refractivity contribution in [3.8, 4) is 0 Å². The second-order valence-corrected chi connectivity index (χ2v) is 9.22. The van der Waals surface area contributed by atoms with Crippen molar-refractivity contribution in [1.29, 1.82) is 0 Å². The molecule has 0 spiro atoms. The second-order valence-electron chi connectivity index (χ2n) is 7.29. The molecule has 0 bridgehead atoms. The van der Waals surface area contributed by atoms with Crippen LogP contribution in [0.1, 0.15) is 12.8 Å². The van der Waals surface area contributed by atoms with Crippen molar-refractivity contribution in [2.45, 2.75) is 23.8 Å². The lowest BCUT2D eigenvalue weighted by Gasteiger charge is -2.31. The molecule has 3 saturated heterocycles. The normalized spacial score (nSPS) is 23.9. The number of morpholine rings is 2. The summed E-state index contributed by atoms with van der Waals surface area (Å²) in [7, 11) is -3.66. The van der Waals surface area contributed by atoms with E-state index in [1.807, 2.05) is 0 Å². The lowest BCUT2D eigenvalue weighted by Crippen LogP contribution is -2.40. The van der Waals surface area contributed by atoms with Gasteiger partial charge >= 0.3 is 0 Å². The van der Waals surface area contributed by atoms with Gasteiger partial charge in [0.1, 0.15) is 6.10 Å². The maximum absolute atomic E-state index is 13.1. The van der Waals surface area contributed by atoms with Gasteiger partial charge in [-0.25, -0.2) is 8.42 Å². The Morgan fingerprint density at radius 1 is 1.00 bits per heavy atom. The minimum atomic E-state index is -3.66. The molecule has 0 radical (unpaired) electrons. The zero-order valence-electron chi connectivity index (χ0n) is 16.3. The van der Waals surface area contributed by atoms with Crippen molar-refractivity contribution in [3.05, 3.63) is 18.2 Å². The fourth-order valence-corrected chi connectivity index (χ4v) is 5.22. The second kappa shape index (κ2) is 8.97. The summed E-state index contributed by atoms with van der Waals surface area (Å²) in [6.07, 6.45) is 1.02. The molecule has 0 saturated carbocycles. The topological polar surface area (TPSA) is 97.4 Å². The van der Waals surface area contributed by atoms with Gasteiger partial charge in [-0.2, -0.15) is 4.31 Å². The van der Waals surface area contributed by atoms with Crippen LogP contribution in [0.15, 0.2) is 23.1 Å². The third kappa shape index (κ3) is 4.56. The van der Waals surface area contributed by atoms with E-state index >= 15 is 0 Å². The fraction of sp³-hybridized carbons (Fsp3) is 0.632. The standard InChI is InChI=1S/C19H27N3O6S/c23-19(18-2-1-9-28-18)20-16-14-15(29(24,25)22-7-12-27-13-8-22)3-4-17(16)21-5-10-26-11-6-21/h3-4,14,18H,1-2,5-13H2,(H,20,23)/t18-/m0/s1. The van der Waals surface area contributed by atoms with Crippen LogP contribution < -0.4 is 10.2 Å². The summed E-state index contributed by atoms with van der Waals surface area (Å²) in [6.45, 7) is 4.52. The number of nitrogens with zero attached hydrogens (tertiary/aromatic N) is 2. The van der Waals surface area contributed by atoms with E-state index in [0.29, 0.717) is 71.3 Å². The highest BCUT2D eigenvalue weighted by molar-refractivity contribution is 7.89. The van der Waals surface area contributed by atoms with E-state index in [4.69, 9.17) is 14.2 Å². The number of carbonyl (C=O) groups excluding carboxylic acids is 1. The molecule has 1 aromatic carbocycles. The maximum Gasteiger partial charge on any atom is 0.253 e. The molecular weight excluding hydrogens is 398 g/mol. The predicted molar refractivity (Wildman–Crippen MR) is 107 cm³/mol. The van der Waals surface area contributed by atoms with Gasteiger partial charge in [0.2, 0.25) is 10.0 Å². The highest BCUT2D eigenvalue weighted by atomic mass is 32.2. The summed E-state index contributed by atoms with van der Waals surface area (Å²) in [5, 5.41) is 2.91. The Morgan fingerprint density at radius 3 is 2.34 bits per heavy atom. The van der Waals surface area contributed by atoms with E-state index < -0.39 is 16.1 Å². The first-order chi connectivity index (χ1) is 14.1. The Labute approximate surface area is 170 Å². The van der Waals surface area contributed by atoms with Crippen LogP contribution >= 0.6 is 0 Å². The van der Waals surface area contributed by atoms with E-state index in [0.717, 1.165) is 12.1 Å². The maximum atomic E-state index is 13.1. The van der Waals surface area contributed by atoms with Gasteiger partial charge in [-0.1, -0.05) is 0 Å². The van der Waals surface area contributed by atoms with Gasteiger partial charge < -0.3 is 24.4 Å². The Bertz CT molecular complexity index is 828. The summed E-state index contributed by atoms with van der Waals surface area (Å²) in [5.41, 5.74) is 1.28. The molecule has 0 aromatic heterocycles. The van der Waals surface area contributed by atoms with Crippen LogP contribution in [0.25, 0.3) is 0 Å². The number of benzene rings is 1. The molecule has 3 aliphatic rings. The Balaban J connectivity index is 1.64. The smallest absolute Gasteiger partial charge is 0.253 e. The summed E-state index contributed by atoms with van der Waals surface area (Å²) in [4.78, 5) is 14.9. The van der Waals surface area contributed by atoms with Crippen molar-refractivity contribution in [2.24, 2.45) is 0 Å². The third-order valence-electron chi connectivity index (χ3n) is 5.41. The number of rotatable bonds is 5. The van der Waals surface area contributed by atoms with Gasteiger partial charge in [0, 0.05) is 32.8 Å². The van der Waals surface area contributed by atoms with Crippen LogP contribution in [-0.2, 0) is 29.0 Å². The number of nitrogens with one attached hydrogen (secondary N) is 1. The van der Waals surface area contributed by atoms with Gasteiger partial charge in [-0.3, -0.25) is 4.79 Å². The summed E-state index contributed by atoms with van der Waals surface area (Å²) >= 11 is 0. The first-order valence-corrected chi connectivity index (χ1v) is 11.5. The fourth-order valence-electron chi connectivity index (χ4n) is 3.79. The van der Waals surface area contributed by atoms with Gasteiger partial charge in [-0.15, -0.1) is 0 Å². The van der Waals surface area contributed by atoms with Crippen LogP contribution in [-0.4, -0.2) is 83.9 Å². The molecular formula is C19H27N3O6S. The quantitative estimate of drug-likeness (QED) is 0.740. The predicted octanol–water partition coefficient (Wildman–Crippen LogP) is 0.662. The van der Waals surface area contributed by atoms with E-state index in [2.05, 4.69) is 10.2 Å². The first kappa shape index (κ1) is 20.5. The molecule has 1 aromatic rings. The lowest BCUT2D eigenvalue weighted by atomic mass is 10.2. The van der Waals surface area contributed by atoms with Gasteiger partial charge in [-0.05, 0) is 31.0 Å². The number of anilines is 2. The van der Waals surface area contributed by atoms with E-state index in [9.17, 15) is 13.2 Å². The molecule has 9 nitrogen and oxygen atoms in total. The number of hydrogen-bond acceptors (Lipinski definition) is 7. The van der Waals surface area contributed by atoms with Crippen LogP contribution in [0, 0.1) is 0 Å². The van der Waals surface area contributed by atoms with E-state index in [1.54, 1.807) is 18.2 Å². The number of ether oxygens (including phenoxy) is 3. The molecule has 0 aliphatic carbocycles. The van der Waals surface area contributed by atoms with Gasteiger partial charge in [0.05, 0.1) is 42.7 Å². The highest BCUT2D eigenvalue weighted by Gasteiger charge is 2.29. The minimum Gasteiger partial charge on any atom is -0.379 e. The number of carbonyl (C=O) groups is 1. The van der Waals surface area contributed by atoms with Gasteiger partial charge in [0.25, 0.3) is 5.91 Å². The lowest BCUT2D eigenvalue weighted by molar-refractivity contribution is -0.124. The van der Waals surface area contributed by atoms with Crippen molar-refractivity contribution in [3.63, 3.8) is 0 Å². The molecule has 1 N–H and O–H groups in total. The van der Waals surface area contributed by atoms with Crippen molar-refractivity contribution < 1.29 is 27.4 Å². The summed E-state index contributed by atoms with van der Waals surface area (Å²) in [5.74, 6) is -0.238. The van der Waals surface area contributed by atoms with Crippen LogP contribution in [0.4, 0.5) is 11.4 Å². The zero-order valence-corrected chi connectivity index (χ0v) is 17.2. The molecule has 3 heterocycles. The van der Waals surface area contributed by atoms with Crippen molar-refractivity contribution in [1.82, 2.24) is 4.31 Å². The molecule has 1 amide bonds. The number of amides is 1. The summed E-state index contributed by atoms with van der Waals surface area (Å²) in [6, 6.07) is 4.93. The van der Waals surface area contributed by atoms with E-state index in [-0.39, 0.29) is 10.8 Å². The minimum absolute atomic E-state index is 0.166. The van der Waals surface area contributed by atoms with Crippen LogP contribution in [0.3, 0.4) is 0 Å². The molecule has 3 aliphatic heterocycles. The van der Waals surface area contributed by atoms with Crippen molar-refractivity contribution >= 4 is 27.3 Å². The summed E-state index contributed by atoms with van der Waals surface area (Å²) < 4.78 is 43.7. The Hall–Kier alpha value is -1.72. The average Bonchev–Trinajstić information content (AvgIpc) is 3.30. The molecule has 3 fully saturated rings. The van der Waals surface area contributed by atoms with Crippen LogP contribution in [0.2, 0.25) is 0 Å². The third-order valence-corrected chi connectivity index (χ3v) is 7.30. The Morgan fingerprint density at radius 2 is 1.69 bits per heavy atom. The van der Waals surface area contributed by atoms with E-state index in [1.165, 1.54) is 4.31 Å². The monoisotopic (exact) mass is 425 g/mol. The molecule has 10 heteroatoms. The molecule has 0 unspecified atom stereocenters. The molecule has 160 valence electrons. The van der Waals surface area contributed by atoms with Crippen molar-refractivity contribution in [2.75, 3.05) is 69.4 Å². The number of sulfonamides is 1. The van der Waals surface area contributed by atoms with Crippen LogP contribution in [0.5, 0.6) is 0 Å². The van der Waals surface area contributed by atoms with Gasteiger partial charge in [0.15, 0.2) is 0 Å². The Kier molecular flexibility index (Phi) is 6.35. The SMILES string of the molecule is O=C(Nc1cc(S(=O)(=O)N2CCOCC2)ccc1N1CCOCC1)[C@@H]1CCCO1. The molecule has 1 atom stereocenters. The average molecular weight is 426 g/mol. The first-order valence-electron chi connectivity index (χ1n) is 10.0. The molecule has 4 rings (SSSR count). The largest absolute Gasteiger partial charge is 0.379 e.